The van der Waals surface area contributed by atoms with Crippen LogP contribution in [0.3, 0.4) is 0 Å². The summed E-state index contributed by atoms with van der Waals surface area (Å²) in [5.74, 6) is 0.829. The number of rotatable bonds is 3. The molecule has 0 saturated carbocycles. The summed E-state index contributed by atoms with van der Waals surface area (Å²) in [5.41, 5.74) is 6.85. The summed E-state index contributed by atoms with van der Waals surface area (Å²) in [4.78, 5) is 1.94. The van der Waals surface area contributed by atoms with Gasteiger partial charge in [0.1, 0.15) is 17.5 Å². The van der Waals surface area contributed by atoms with Crippen LogP contribution in [0, 0.1) is 18.3 Å². The van der Waals surface area contributed by atoms with Gasteiger partial charge in [0.2, 0.25) is 0 Å². The minimum absolute atomic E-state index is 0.561. The summed E-state index contributed by atoms with van der Waals surface area (Å²) >= 11 is 0. The van der Waals surface area contributed by atoms with Crippen molar-refractivity contribution < 1.29 is 0 Å². The predicted molar refractivity (Wildman–Crippen MR) is 55.0 cm³/mol. The van der Waals surface area contributed by atoms with E-state index in [-0.39, 0.29) is 0 Å². The van der Waals surface area contributed by atoms with Crippen molar-refractivity contribution >= 4 is 5.82 Å². The molecule has 0 aliphatic rings. The highest BCUT2D eigenvalue weighted by atomic mass is 15.4. The number of nitrogens with two attached hydrogens (primary N) is 1. The van der Waals surface area contributed by atoms with Crippen LogP contribution < -0.4 is 10.6 Å². The first-order chi connectivity index (χ1) is 6.61. The SMILES string of the molecule is Cc1nn(C)c(N(C)CCN)c1C#N. The normalized spacial score (nSPS) is 9.93. The van der Waals surface area contributed by atoms with Gasteiger partial charge in [-0.2, -0.15) is 10.4 Å². The second-order valence-corrected chi connectivity index (χ2v) is 3.23. The fraction of sp³-hybridized carbons (Fsp3) is 0.556. The van der Waals surface area contributed by atoms with Gasteiger partial charge in [0, 0.05) is 27.2 Å². The summed E-state index contributed by atoms with van der Waals surface area (Å²) < 4.78 is 1.71. The van der Waals surface area contributed by atoms with Gasteiger partial charge in [-0.25, -0.2) is 0 Å². The molecule has 0 amide bonds. The van der Waals surface area contributed by atoms with Gasteiger partial charge in [-0.3, -0.25) is 4.68 Å². The minimum atomic E-state index is 0.561. The molecule has 5 heteroatoms. The van der Waals surface area contributed by atoms with Crippen molar-refractivity contribution in [2.45, 2.75) is 6.92 Å². The maximum Gasteiger partial charge on any atom is 0.144 e. The van der Waals surface area contributed by atoms with Gasteiger partial charge in [-0.05, 0) is 6.92 Å². The first kappa shape index (κ1) is 10.5. The van der Waals surface area contributed by atoms with Gasteiger partial charge in [0.15, 0.2) is 0 Å². The van der Waals surface area contributed by atoms with Crippen molar-refractivity contribution in [2.24, 2.45) is 12.8 Å². The molecule has 1 heterocycles. The molecule has 1 rings (SSSR count). The van der Waals surface area contributed by atoms with Gasteiger partial charge in [0.25, 0.3) is 0 Å². The molecule has 0 atom stereocenters. The Morgan fingerprint density at radius 3 is 2.79 bits per heavy atom. The summed E-state index contributed by atoms with van der Waals surface area (Å²) in [5, 5.41) is 13.2. The number of nitriles is 1. The van der Waals surface area contributed by atoms with Crippen molar-refractivity contribution in [2.75, 3.05) is 25.0 Å². The molecule has 2 N–H and O–H groups in total. The summed E-state index contributed by atoms with van der Waals surface area (Å²) in [6.45, 7) is 3.11. The minimum Gasteiger partial charge on any atom is -0.358 e. The van der Waals surface area contributed by atoms with Crippen molar-refractivity contribution in [3.05, 3.63) is 11.3 Å². The standard InChI is InChI=1S/C9H15N5/c1-7-8(6-11)9(14(3)12-7)13(2)5-4-10/h4-5,10H2,1-3H3. The fourth-order valence-electron chi connectivity index (χ4n) is 1.51. The summed E-state index contributed by atoms with van der Waals surface area (Å²) in [7, 11) is 3.74. The summed E-state index contributed by atoms with van der Waals surface area (Å²) in [6.07, 6.45) is 0. The molecule has 0 spiro atoms. The van der Waals surface area contributed by atoms with E-state index in [0.29, 0.717) is 18.7 Å². The first-order valence-electron chi connectivity index (χ1n) is 4.46. The van der Waals surface area contributed by atoms with E-state index in [1.54, 1.807) is 4.68 Å². The second-order valence-electron chi connectivity index (χ2n) is 3.23. The van der Waals surface area contributed by atoms with Gasteiger partial charge in [0.05, 0.1) is 5.69 Å². The molecule has 0 aromatic carbocycles. The summed E-state index contributed by atoms with van der Waals surface area (Å²) in [6, 6.07) is 2.16. The Labute approximate surface area is 83.7 Å². The van der Waals surface area contributed by atoms with Crippen LogP contribution in [0.2, 0.25) is 0 Å². The molecule has 5 nitrogen and oxygen atoms in total. The highest BCUT2D eigenvalue weighted by Gasteiger charge is 2.15. The van der Waals surface area contributed by atoms with Crippen LogP contribution in [0.4, 0.5) is 5.82 Å². The van der Waals surface area contributed by atoms with Gasteiger partial charge >= 0.3 is 0 Å². The van der Waals surface area contributed by atoms with E-state index in [2.05, 4.69) is 11.2 Å². The van der Waals surface area contributed by atoms with E-state index in [4.69, 9.17) is 11.0 Å². The van der Waals surface area contributed by atoms with E-state index >= 15 is 0 Å². The fourth-order valence-corrected chi connectivity index (χ4v) is 1.51. The Balaban J connectivity index is 3.13. The van der Waals surface area contributed by atoms with Crippen LogP contribution in [-0.2, 0) is 7.05 Å². The Hall–Kier alpha value is -1.54. The molecular formula is C9H15N5. The smallest absolute Gasteiger partial charge is 0.144 e. The van der Waals surface area contributed by atoms with Crippen molar-refractivity contribution in [3.63, 3.8) is 0 Å². The lowest BCUT2D eigenvalue weighted by molar-refractivity contribution is 0.726. The molecule has 0 bridgehead atoms. The van der Waals surface area contributed by atoms with Crippen molar-refractivity contribution in [3.8, 4) is 6.07 Å². The molecular weight excluding hydrogens is 178 g/mol. The van der Waals surface area contributed by atoms with E-state index in [1.807, 2.05) is 25.9 Å². The highest BCUT2D eigenvalue weighted by Crippen LogP contribution is 2.20. The third-order valence-electron chi connectivity index (χ3n) is 2.13. The molecule has 0 aliphatic carbocycles. The zero-order chi connectivity index (χ0) is 10.7. The Kier molecular flexibility index (Phi) is 3.10. The van der Waals surface area contributed by atoms with Crippen LogP contribution in [0.5, 0.6) is 0 Å². The van der Waals surface area contributed by atoms with Gasteiger partial charge in [-0.1, -0.05) is 0 Å². The lowest BCUT2D eigenvalue weighted by Crippen LogP contribution is -2.27. The zero-order valence-electron chi connectivity index (χ0n) is 8.78. The monoisotopic (exact) mass is 193 g/mol. The largest absolute Gasteiger partial charge is 0.358 e. The van der Waals surface area contributed by atoms with Crippen LogP contribution in [0.25, 0.3) is 0 Å². The number of hydrogen-bond acceptors (Lipinski definition) is 4. The molecule has 0 unspecified atom stereocenters. The third kappa shape index (κ3) is 1.70. The number of aryl methyl sites for hydroxylation is 2. The Morgan fingerprint density at radius 1 is 1.64 bits per heavy atom. The highest BCUT2D eigenvalue weighted by molar-refractivity contribution is 5.56. The third-order valence-corrected chi connectivity index (χ3v) is 2.13. The number of nitrogens with zero attached hydrogens (tertiary/aromatic N) is 4. The molecule has 0 fully saturated rings. The van der Waals surface area contributed by atoms with E-state index in [1.165, 1.54) is 0 Å². The second kappa shape index (κ2) is 4.11. The number of anilines is 1. The number of hydrogen-bond donors (Lipinski definition) is 1. The van der Waals surface area contributed by atoms with E-state index < -0.39 is 0 Å². The van der Waals surface area contributed by atoms with Crippen LogP contribution in [0.15, 0.2) is 0 Å². The van der Waals surface area contributed by atoms with Crippen molar-refractivity contribution in [1.82, 2.24) is 9.78 Å². The van der Waals surface area contributed by atoms with Crippen molar-refractivity contribution in [1.29, 1.82) is 5.26 Å². The molecule has 0 aliphatic heterocycles. The topological polar surface area (TPSA) is 70.9 Å². The quantitative estimate of drug-likeness (QED) is 0.733. The first-order valence-corrected chi connectivity index (χ1v) is 4.46. The Morgan fingerprint density at radius 2 is 2.29 bits per heavy atom. The van der Waals surface area contributed by atoms with Gasteiger partial charge in [-0.15, -0.1) is 0 Å². The lowest BCUT2D eigenvalue weighted by Gasteiger charge is -2.18. The predicted octanol–water partition coefficient (Wildman–Crippen LogP) is -0.00490. The molecule has 14 heavy (non-hydrogen) atoms. The van der Waals surface area contributed by atoms with Crippen LogP contribution in [0.1, 0.15) is 11.3 Å². The van der Waals surface area contributed by atoms with E-state index in [9.17, 15) is 0 Å². The zero-order valence-corrected chi connectivity index (χ0v) is 8.78. The maximum absolute atomic E-state index is 8.97. The van der Waals surface area contributed by atoms with Crippen LogP contribution in [-0.4, -0.2) is 29.9 Å². The van der Waals surface area contributed by atoms with E-state index in [0.717, 1.165) is 11.5 Å². The number of aromatic nitrogens is 2. The molecule has 76 valence electrons. The Bertz CT molecular complexity index is 360. The molecule has 1 aromatic rings. The molecule has 1 aromatic heterocycles. The molecule has 0 radical (unpaired) electrons. The van der Waals surface area contributed by atoms with Gasteiger partial charge < -0.3 is 10.6 Å². The average Bonchev–Trinajstić information content (AvgIpc) is 2.40. The van der Waals surface area contributed by atoms with Crippen LogP contribution >= 0.6 is 0 Å². The molecule has 0 saturated heterocycles. The number of likely N-dealkylation sites (N-methyl/N-ethyl adjacent to an activating group) is 1. The lowest BCUT2D eigenvalue weighted by atomic mass is 10.2. The average molecular weight is 193 g/mol. The maximum atomic E-state index is 8.97.